The van der Waals surface area contributed by atoms with Gasteiger partial charge in [0.15, 0.2) is 4.80 Å². The molecule has 0 bridgehead atoms. The third kappa shape index (κ3) is 4.15. The van der Waals surface area contributed by atoms with Gasteiger partial charge in [-0.15, -0.1) is 0 Å². The summed E-state index contributed by atoms with van der Waals surface area (Å²) in [7, 11) is 0. The van der Waals surface area contributed by atoms with E-state index < -0.39 is 5.54 Å². The maximum atomic E-state index is 13.2. The average molecular weight is 441 g/mol. The van der Waals surface area contributed by atoms with E-state index >= 15 is 0 Å². The highest BCUT2D eigenvalue weighted by Crippen LogP contribution is 2.22. The summed E-state index contributed by atoms with van der Waals surface area (Å²) in [5.41, 5.74) is 1.95. The van der Waals surface area contributed by atoms with E-state index in [0.717, 1.165) is 16.8 Å². The van der Waals surface area contributed by atoms with Crippen molar-refractivity contribution >= 4 is 52.4 Å². The molecule has 0 saturated carbocycles. The van der Waals surface area contributed by atoms with Crippen molar-refractivity contribution in [2.75, 3.05) is 0 Å². The number of fused-ring (bicyclic) bond motifs is 1. The Kier molecular flexibility index (Phi) is 5.34. The topological polar surface area (TPSA) is 34.4 Å². The van der Waals surface area contributed by atoms with Crippen molar-refractivity contribution in [3.8, 4) is 0 Å². The molecule has 146 valence electrons. The number of nitrogens with zero attached hydrogens (tertiary/aromatic N) is 2. The predicted octanol–water partition coefficient (Wildman–Crippen LogP) is 5.01. The van der Waals surface area contributed by atoms with Crippen molar-refractivity contribution < 1.29 is 0 Å². The SMILES string of the molecule is CC1(C)C=C(C=Cc2ccccc2Cl)n2c(sc(=Cc3ccccc3Cl)c2=O)=N1. The van der Waals surface area contributed by atoms with Crippen LogP contribution in [0.4, 0.5) is 0 Å². The summed E-state index contributed by atoms with van der Waals surface area (Å²) < 4.78 is 2.23. The molecule has 0 radical (unpaired) electrons. The lowest BCUT2D eigenvalue weighted by atomic mass is 10.0. The first-order chi connectivity index (χ1) is 13.8. The normalized spacial score (nSPS) is 15.9. The second-order valence-electron chi connectivity index (χ2n) is 7.24. The molecule has 3 aromatic rings. The van der Waals surface area contributed by atoms with Crippen LogP contribution in [-0.4, -0.2) is 10.1 Å². The van der Waals surface area contributed by atoms with Gasteiger partial charge in [-0.2, -0.15) is 0 Å². The van der Waals surface area contributed by atoms with Crippen molar-refractivity contribution in [1.82, 2.24) is 4.57 Å². The lowest BCUT2D eigenvalue weighted by Crippen LogP contribution is -2.35. The van der Waals surface area contributed by atoms with Gasteiger partial charge in [-0.25, -0.2) is 4.99 Å². The number of thiazole rings is 1. The third-order valence-corrected chi connectivity index (χ3v) is 6.14. The molecule has 0 saturated heterocycles. The molecule has 0 fully saturated rings. The van der Waals surface area contributed by atoms with Crippen LogP contribution < -0.4 is 14.9 Å². The van der Waals surface area contributed by atoms with Crippen LogP contribution in [0.2, 0.25) is 10.0 Å². The quantitative estimate of drug-likeness (QED) is 0.563. The van der Waals surface area contributed by atoms with E-state index in [-0.39, 0.29) is 5.56 Å². The standard InChI is InChI=1S/C23H18Cl2N2OS/c1-23(2)14-17(12-11-15-7-3-5-9-18(15)24)27-21(28)20(29-22(27)26-23)13-16-8-4-6-10-19(16)25/h3-14H,1-2H3. The smallest absolute Gasteiger partial charge is 0.267 e. The average Bonchev–Trinajstić information content (AvgIpc) is 2.97. The molecule has 2 aromatic carbocycles. The fraction of sp³-hybridized carbons (Fsp3) is 0.130. The van der Waals surface area contributed by atoms with Crippen molar-refractivity contribution in [3.63, 3.8) is 0 Å². The fourth-order valence-electron chi connectivity index (χ4n) is 3.12. The van der Waals surface area contributed by atoms with E-state index in [4.69, 9.17) is 28.2 Å². The van der Waals surface area contributed by atoms with Gasteiger partial charge in [0.25, 0.3) is 5.56 Å². The minimum Gasteiger partial charge on any atom is -0.267 e. The van der Waals surface area contributed by atoms with Gasteiger partial charge in [-0.3, -0.25) is 9.36 Å². The van der Waals surface area contributed by atoms with Gasteiger partial charge in [0.05, 0.1) is 10.1 Å². The Morgan fingerprint density at radius 2 is 1.59 bits per heavy atom. The molecule has 3 nitrogen and oxygen atoms in total. The van der Waals surface area contributed by atoms with Gasteiger partial charge in [0.1, 0.15) is 0 Å². The van der Waals surface area contributed by atoms with Crippen LogP contribution in [0.1, 0.15) is 25.0 Å². The second kappa shape index (κ2) is 7.79. The second-order valence-corrected chi connectivity index (χ2v) is 9.07. The first-order valence-corrected chi connectivity index (χ1v) is 10.7. The monoisotopic (exact) mass is 440 g/mol. The van der Waals surface area contributed by atoms with Gasteiger partial charge >= 0.3 is 0 Å². The Hall–Kier alpha value is -2.40. The van der Waals surface area contributed by atoms with Gasteiger partial charge in [-0.05, 0) is 55.3 Å². The van der Waals surface area contributed by atoms with Crippen LogP contribution in [-0.2, 0) is 0 Å². The molecule has 29 heavy (non-hydrogen) atoms. The Labute approximate surface area is 182 Å². The van der Waals surface area contributed by atoms with Gasteiger partial charge in [0, 0.05) is 15.7 Å². The van der Waals surface area contributed by atoms with Gasteiger partial charge < -0.3 is 0 Å². The van der Waals surface area contributed by atoms with Crippen LogP contribution in [0, 0.1) is 0 Å². The Bertz CT molecular complexity index is 1330. The minimum atomic E-state index is -0.418. The predicted molar refractivity (Wildman–Crippen MR) is 123 cm³/mol. The van der Waals surface area contributed by atoms with Crippen LogP contribution >= 0.6 is 34.5 Å². The van der Waals surface area contributed by atoms with E-state index in [1.165, 1.54) is 11.3 Å². The zero-order valence-corrected chi connectivity index (χ0v) is 18.2. The van der Waals surface area contributed by atoms with Crippen LogP contribution in [0.15, 0.2) is 70.5 Å². The van der Waals surface area contributed by atoms with E-state index in [1.807, 2.05) is 86.7 Å². The Morgan fingerprint density at radius 1 is 0.966 bits per heavy atom. The van der Waals surface area contributed by atoms with Crippen molar-refractivity contribution in [2.45, 2.75) is 19.4 Å². The number of halogens is 2. The lowest BCUT2D eigenvalue weighted by Gasteiger charge is -2.20. The van der Waals surface area contributed by atoms with Gasteiger partial charge in [0.2, 0.25) is 0 Å². The zero-order valence-electron chi connectivity index (χ0n) is 15.9. The summed E-state index contributed by atoms with van der Waals surface area (Å²) in [5, 5.41) is 1.27. The first kappa shape index (κ1) is 19.9. The molecular weight excluding hydrogens is 423 g/mol. The highest BCUT2D eigenvalue weighted by Gasteiger charge is 2.22. The molecule has 0 amide bonds. The number of aromatic nitrogens is 1. The third-order valence-electron chi connectivity index (χ3n) is 4.48. The molecule has 0 N–H and O–H groups in total. The summed E-state index contributed by atoms with van der Waals surface area (Å²) >= 11 is 13.9. The minimum absolute atomic E-state index is 0.112. The van der Waals surface area contributed by atoms with Crippen molar-refractivity contribution in [3.05, 3.63) is 102 Å². The molecule has 1 aliphatic heterocycles. The maximum absolute atomic E-state index is 13.2. The number of hydrogen-bond donors (Lipinski definition) is 0. The number of benzene rings is 2. The zero-order chi connectivity index (χ0) is 20.6. The fourth-order valence-corrected chi connectivity index (χ4v) is 4.63. The number of allylic oxidation sites excluding steroid dienone is 2. The Balaban J connectivity index is 1.86. The molecule has 6 heteroatoms. The molecule has 0 spiro atoms. The van der Waals surface area contributed by atoms with Gasteiger partial charge in [-0.1, -0.05) is 77.0 Å². The summed E-state index contributed by atoms with van der Waals surface area (Å²) in [6, 6.07) is 15.1. The van der Waals surface area contributed by atoms with E-state index in [9.17, 15) is 4.79 Å². The molecule has 0 unspecified atom stereocenters. The van der Waals surface area contributed by atoms with Crippen LogP contribution in [0.25, 0.3) is 17.8 Å². The first-order valence-electron chi connectivity index (χ1n) is 9.08. The van der Waals surface area contributed by atoms with Crippen molar-refractivity contribution in [1.29, 1.82) is 0 Å². The molecule has 1 aliphatic rings. The molecule has 1 aromatic heterocycles. The Morgan fingerprint density at radius 3 is 2.24 bits per heavy atom. The number of hydrogen-bond acceptors (Lipinski definition) is 3. The summed E-state index contributed by atoms with van der Waals surface area (Å²) in [4.78, 5) is 18.6. The molecule has 2 heterocycles. The number of rotatable bonds is 3. The lowest BCUT2D eigenvalue weighted by molar-refractivity contribution is 0.613. The van der Waals surface area contributed by atoms with E-state index in [0.29, 0.717) is 19.4 Å². The maximum Gasteiger partial charge on any atom is 0.274 e. The molecular formula is C23H18Cl2N2OS. The summed E-state index contributed by atoms with van der Waals surface area (Å²) in [5.74, 6) is 0. The summed E-state index contributed by atoms with van der Waals surface area (Å²) in [6.07, 6.45) is 7.63. The van der Waals surface area contributed by atoms with Crippen molar-refractivity contribution in [2.24, 2.45) is 4.99 Å². The molecule has 0 aliphatic carbocycles. The highest BCUT2D eigenvalue weighted by molar-refractivity contribution is 7.07. The van der Waals surface area contributed by atoms with E-state index in [1.54, 1.807) is 4.57 Å². The molecule has 0 atom stereocenters. The largest absolute Gasteiger partial charge is 0.274 e. The van der Waals surface area contributed by atoms with Crippen LogP contribution in [0.5, 0.6) is 0 Å². The highest BCUT2D eigenvalue weighted by atomic mass is 35.5. The van der Waals surface area contributed by atoms with Crippen LogP contribution in [0.3, 0.4) is 0 Å². The van der Waals surface area contributed by atoms with E-state index in [2.05, 4.69) is 0 Å². The summed E-state index contributed by atoms with van der Waals surface area (Å²) in [6.45, 7) is 4.03. The molecule has 4 rings (SSSR count).